The maximum Gasteiger partial charge on any atom is 0.419 e. The maximum absolute atomic E-state index is 12.6. The quantitative estimate of drug-likeness (QED) is 0.785. The number of hydrogen-bond acceptors (Lipinski definition) is 1. The first kappa shape index (κ1) is 13.9. The van der Waals surface area contributed by atoms with Crippen LogP contribution in [0.4, 0.5) is 13.2 Å². The Kier molecular flexibility index (Phi) is 3.58. The van der Waals surface area contributed by atoms with Crippen LogP contribution >= 0.6 is 11.6 Å². The lowest BCUT2D eigenvalue weighted by molar-refractivity contribution is -0.137. The highest BCUT2D eigenvalue weighted by molar-refractivity contribution is 6.30. The summed E-state index contributed by atoms with van der Waals surface area (Å²) in [5.74, 6) is 0.132. The van der Waals surface area contributed by atoms with Crippen LogP contribution in [0.15, 0.2) is 30.6 Å². The standard InChI is InChI=1S/C13H12ClF3N2/c1-8(2)11-5-10(14)3-4-12(11)19-7-9(6-18-19)13(15,16)17/h3-8H,1-2H3. The van der Waals surface area contributed by atoms with E-state index in [1.54, 1.807) is 18.2 Å². The highest BCUT2D eigenvalue weighted by atomic mass is 35.5. The summed E-state index contributed by atoms with van der Waals surface area (Å²) in [6.07, 6.45) is -2.59. The summed E-state index contributed by atoms with van der Waals surface area (Å²) in [6.45, 7) is 3.90. The lowest BCUT2D eigenvalue weighted by Crippen LogP contribution is -2.04. The van der Waals surface area contributed by atoms with Gasteiger partial charge < -0.3 is 0 Å². The second-order valence-corrected chi connectivity index (χ2v) is 4.97. The molecule has 0 radical (unpaired) electrons. The van der Waals surface area contributed by atoms with Crippen LogP contribution in [-0.2, 0) is 6.18 Å². The molecule has 1 aromatic carbocycles. The number of aromatic nitrogens is 2. The largest absolute Gasteiger partial charge is 0.419 e. The third-order valence-corrected chi connectivity index (χ3v) is 3.00. The van der Waals surface area contributed by atoms with Crippen molar-refractivity contribution >= 4 is 11.6 Å². The molecule has 6 heteroatoms. The predicted molar refractivity (Wildman–Crippen MR) is 67.7 cm³/mol. The highest BCUT2D eigenvalue weighted by Gasteiger charge is 2.32. The van der Waals surface area contributed by atoms with Crippen LogP contribution in [-0.4, -0.2) is 9.78 Å². The summed E-state index contributed by atoms with van der Waals surface area (Å²) < 4.78 is 38.9. The van der Waals surface area contributed by atoms with Gasteiger partial charge >= 0.3 is 6.18 Å². The van der Waals surface area contributed by atoms with E-state index in [0.717, 1.165) is 18.0 Å². The molecule has 1 heterocycles. The average Bonchev–Trinajstić information content (AvgIpc) is 2.77. The van der Waals surface area contributed by atoms with E-state index in [0.29, 0.717) is 10.7 Å². The van der Waals surface area contributed by atoms with Gasteiger partial charge in [0.05, 0.1) is 17.4 Å². The Bertz CT molecular complexity index is 588. The van der Waals surface area contributed by atoms with E-state index in [9.17, 15) is 13.2 Å². The van der Waals surface area contributed by atoms with Crippen molar-refractivity contribution in [2.75, 3.05) is 0 Å². The number of hydrogen-bond donors (Lipinski definition) is 0. The fourth-order valence-corrected chi connectivity index (χ4v) is 1.98. The molecule has 0 aliphatic carbocycles. The lowest BCUT2D eigenvalue weighted by atomic mass is 10.0. The predicted octanol–water partition coefficient (Wildman–Crippen LogP) is 4.67. The lowest BCUT2D eigenvalue weighted by Gasteiger charge is -2.13. The molecule has 102 valence electrons. The van der Waals surface area contributed by atoms with E-state index in [1.807, 2.05) is 13.8 Å². The van der Waals surface area contributed by atoms with Crippen molar-refractivity contribution in [1.29, 1.82) is 0 Å². The SMILES string of the molecule is CC(C)c1cc(Cl)ccc1-n1cc(C(F)(F)F)cn1. The molecule has 2 aromatic rings. The number of benzene rings is 1. The van der Waals surface area contributed by atoms with E-state index >= 15 is 0 Å². The first-order chi connectivity index (χ1) is 8.79. The van der Waals surface area contributed by atoms with E-state index in [4.69, 9.17) is 11.6 Å². The van der Waals surface area contributed by atoms with Gasteiger partial charge in [0.2, 0.25) is 0 Å². The van der Waals surface area contributed by atoms with Gasteiger partial charge in [-0.25, -0.2) is 4.68 Å². The minimum absolute atomic E-state index is 0.132. The summed E-state index contributed by atoms with van der Waals surface area (Å²) >= 11 is 5.92. The monoisotopic (exact) mass is 288 g/mol. The summed E-state index contributed by atoms with van der Waals surface area (Å²) in [5.41, 5.74) is 0.691. The molecule has 0 saturated carbocycles. The van der Waals surface area contributed by atoms with Crippen LogP contribution in [0.5, 0.6) is 0 Å². The van der Waals surface area contributed by atoms with E-state index in [1.165, 1.54) is 4.68 Å². The zero-order valence-corrected chi connectivity index (χ0v) is 11.1. The summed E-state index contributed by atoms with van der Waals surface area (Å²) in [5, 5.41) is 4.33. The van der Waals surface area contributed by atoms with E-state index < -0.39 is 11.7 Å². The average molecular weight is 289 g/mol. The molecule has 0 unspecified atom stereocenters. The third kappa shape index (κ3) is 2.92. The van der Waals surface area contributed by atoms with Crippen molar-refractivity contribution in [3.8, 4) is 5.69 Å². The minimum Gasteiger partial charge on any atom is -0.240 e. The van der Waals surface area contributed by atoms with Crippen LogP contribution in [0.1, 0.15) is 30.9 Å². The molecule has 2 rings (SSSR count). The molecule has 0 fully saturated rings. The molecule has 0 N–H and O–H groups in total. The van der Waals surface area contributed by atoms with Gasteiger partial charge in [0, 0.05) is 11.2 Å². The Balaban J connectivity index is 2.50. The Morgan fingerprint density at radius 3 is 2.47 bits per heavy atom. The summed E-state index contributed by atoms with van der Waals surface area (Å²) in [6, 6.07) is 5.05. The van der Waals surface area contributed by atoms with Crippen LogP contribution in [0, 0.1) is 0 Å². The van der Waals surface area contributed by atoms with Crippen molar-refractivity contribution in [3.05, 3.63) is 46.7 Å². The first-order valence-corrected chi connectivity index (χ1v) is 6.08. The van der Waals surface area contributed by atoms with Gasteiger partial charge in [-0.2, -0.15) is 18.3 Å². The zero-order valence-electron chi connectivity index (χ0n) is 10.4. The maximum atomic E-state index is 12.6. The summed E-state index contributed by atoms with van der Waals surface area (Å²) in [7, 11) is 0. The van der Waals surface area contributed by atoms with Crippen molar-refractivity contribution in [2.45, 2.75) is 25.9 Å². The fourth-order valence-electron chi connectivity index (χ4n) is 1.80. The van der Waals surface area contributed by atoms with Crippen molar-refractivity contribution in [3.63, 3.8) is 0 Å². The van der Waals surface area contributed by atoms with Gasteiger partial charge in [-0.15, -0.1) is 0 Å². The molecule has 0 amide bonds. The van der Waals surface area contributed by atoms with Gasteiger partial charge in [-0.05, 0) is 29.7 Å². The molecular formula is C13H12ClF3N2. The second kappa shape index (κ2) is 4.89. The molecule has 2 nitrogen and oxygen atoms in total. The molecule has 0 aliphatic heterocycles. The Morgan fingerprint density at radius 2 is 1.95 bits per heavy atom. The molecular weight excluding hydrogens is 277 g/mol. The molecule has 1 aromatic heterocycles. The fraction of sp³-hybridized carbons (Fsp3) is 0.308. The molecule has 0 aliphatic rings. The van der Waals surface area contributed by atoms with Crippen LogP contribution < -0.4 is 0 Å². The first-order valence-electron chi connectivity index (χ1n) is 5.70. The van der Waals surface area contributed by atoms with Gasteiger partial charge in [0.1, 0.15) is 0 Å². The van der Waals surface area contributed by atoms with E-state index in [2.05, 4.69) is 5.10 Å². The van der Waals surface area contributed by atoms with Gasteiger partial charge in [0.25, 0.3) is 0 Å². The van der Waals surface area contributed by atoms with Crippen molar-refractivity contribution in [1.82, 2.24) is 9.78 Å². The van der Waals surface area contributed by atoms with Gasteiger partial charge in [0.15, 0.2) is 0 Å². The van der Waals surface area contributed by atoms with Crippen LogP contribution in [0.25, 0.3) is 5.69 Å². The highest BCUT2D eigenvalue weighted by Crippen LogP contribution is 2.31. The Morgan fingerprint density at radius 1 is 1.26 bits per heavy atom. The summed E-state index contributed by atoms with van der Waals surface area (Å²) in [4.78, 5) is 0. The number of alkyl halides is 3. The van der Waals surface area contributed by atoms with Crippen molar-refractivity contribution in [2.24, 2.45) is 0 Å². The molecule has 19 heavy (non-hydrogen) atoms. The van der Waals surface area contributed by atoms with Crippen LogP contribution in [0.3, 0.4) is 0 Å². The Hall–Kier alpha value is -1.49. The van der Waals surface area contributed by atoms with Gasteiger partial charge in [-0.3, -0.25) is 0 Å². The normalized spacial score (nSPS) is 12.2. The minimum atomic E-state index is -4.39. The zero-order chi connectivity index (χ0) is 14.2. The third-order valence-electron chi connectivity index (χ3n) is 2.77. The number of rotatable bonds is 2. The molecule has 0 atom stereocenters. The smallest absolute Gasteiger partial charge is 0.240 e. The molecule has 0 saturated heterocycles. The Labute approximate surface area is 113 Å². The molecule has 0 spiro atoms. The molecule has 0 bridgehead atoms. The van der Waals surface area contributed by atoms with Crippen molar-refractivity contribution < 1.29 is 13.2 Å². The van der Waals surface area contributed by atoms with Gasteiger partial charge in [-0.1, -0.05) is 25.4 Å². The van der Waals surface area contributed by atoms with E-state index in [-0.39, 0.29) is 5.92 Å². The topological polar surface area (TPSA) is 17.8 Å². The second-order valence-electron chi connectivity index (χ2n) is 4.53. The van der Waals surface area contributed by atoms with Crippen LogP contribution in [0.2, 0.25) is 5.02 Å². The number of nitrogens with zero attached hydrogens (tertiary/aromatic N) is 2. The number of halogens is 4.